The van der Waals surface area contributed by atoms with Gasteiger partial charge in [-0.25, -0.2) is 4.79 Å². The van der Waals surface area contributed by atoms with Gasteiger partial charge >= 0.3 is 5.69 Å². The van der Waals surface area contributed by atoms with Crippen molar-refractivity contribution < 1.29 is 4.79 Å². The number of carbonyl (C=O) groups excluding carboxylic acids is 1. The third kappa shape index (κ3) is 3.76. The summed E-state index contributed by atoms with van der Waals surface area (Å²) >= 11 is 0. The first kappa shape index (κ1) is 19.6. The van der Waals surface area contributed by atoms with Crippen LogP contribution < -0.4 is 11.2 Å². The van der Waals surface area contributed by atoms with Crippen molar-refractivity contribution in [3.63, 3.8) is 0 Å². The molecule has 6 nitrogen and oxygen atoms in total. The SMILES string of the molecule is CCN(Cc1ccccc1)C(=O)Cn1c(=O)n(C(C)C)c(=O)c2ccccc21. The average Bonchev–Trinajstić information content (AvgIpc) is 2.69. The van der Waals surface area contributed by atoms with Crippen molar-refractivity contribution in [1.29, 1.82) is 0 Å². The minimum absolute atomic E-state index is 0.104. The summed E-state index contributed by atoms with van der Waals surface area (Å²) in [5, 5.41) is 0.440. The van der Waals surface area contributed by atoms with Gasteiger partial charge in [-0.2, -0.15) is 0 Å². The Hall–Kier alpha value is -3.15. The van der Waals surface area contributed by atoms with Crippen LogP contribution >= 0.6 is 0 Å². The van der Waals surface area contributed by atoms with Crippen LogP contribution in [-0.4, -0.2) is 26.5 Å². The summed E-state index contributed by atoms with van der Waals surface area (Å²) in [5.74, 6) is -0.160. The highest BCUT2D eigenvalue weighted by Crippen LogP contribution is 2.11. The number of fused-ring (bicyclic) bond motifs is 1. The summed E-state index contributed by atoms with van der Waals surface area (Å²) in [7, 11) is 0. The summed E-state index contributed by atoms with van der Waals surface area (Å²) in [6, 6.07) is 16.4. The van der Waals surface area contributed by atoms with E-state index in [2.05, 4.69) is 0 Å². The first-order chi connectivity index (χ1) is 13.4. The Bertz CT molecular complexity index is 1100. The maximum atomic E-state index is 13.0. The van der Waals surface area contributed by atoms with Crippen LogP contribution in [0.5, 0.6) is 0 Å². The number of amides is 1. The Labute approximate surface area is 163 Å². The van der Waals surface area contributed by atoms with Gasteiger partial charge in [0.25, 0.3) is 5.56 Å². The summed E-state index contributed by atoms with van der Waals surface area (Å²) in [6.07, 6.45) is 0. The summed E-state index contributed by atoms with van der Waals surface area (Å²) in [5.41, 5.74) is 0.735. The van der Waals surface area contributed by atoms with Crippen molar-refractivity contribution in [1.82, 2.24) is 14.0 Å². The van der Waals surface area contributed by atoms with Crippen LogP contribution in [0.25, 0.3) is 10.9 Å². The molecule has 0 saturated carbocycles. The van der Waals surface area contributed by atoms with Crippen molar-refractivity contribution in [2.75, 3.05) is 6.54 Å². The van der Waals surface area contributed by atoms with Gasteiger partial charge in [0.05, 0.1) is 10.9 Å². The van der Waals surface area contributed by atoms with Gasteiger partial charge in [0.2, 0.25) is 5.91 Å². The molecule has 0 aliphatic carbocycles. The second-order valence-corrected chi connectivity index (χ2v) is 7.05. The van der Waals surface area contributed by atoms with Gasteiger partial charge < -0.3 is 4.90 Å². The Morgan fingerprint density at radius 2 is 1.64 bits per heavy atom. The fourth-order valence-electron chi connectivity index (χ4n) is 3.36. The Morgan fingerprint density at radius 1 is 1.00 bits per heavy atom. The normalized spacial score (nSPS) is 11.1. The first-order valence-corrected chi connectivity index (χ1v) is 9.49. The number of nitrogens with zero attached hydrogens (tertiary/aromatic N) is 3. The van der Waals surface area contributed by atoms with Crippen LogP contribution in [0.2, 0.25) is 0 Å². The van der Waals surface area contributed by atoms with E-state index < -0.39 is 5.69 Å². The zero-order valence-corrected chi connectivity index (χ0v) is 16.5. The topological polar surface area (TPSA) is 64.3 Å². The van der Waals surface area contributed by atoms with Crippen LogP contribution in [0.4, 0.5) is 0 Å². The number of benzene rings is 2. The lowest BCUT2D eigenvalue weighted by Gasteiger charge is -2.23. The van der Waals surface area contributed by atoms with Gasteiger partial charge in [-0.1, -0.05) is 42.5 Å². The monoisotopic (exact) mass is 379 g/mol. The number of hydrogen-bond acceptors (Lipinski definition) is 3. The molecular weight excluding hydrogens is 354 g/mol. The molecule has 2 aromatic carbocycles. The third-order valence-corrected chi connectivity index (χ3v) is 4.84. The lowest BCUT2D eigenvalue weighted by Crippen LogP contribution is -2.44. The molecule has 0 spiro atoms. The predicted molar refractivity (Wildman–Crippen MR) is 110 cm³/mol. The molecule has 1 aromatic heterocycles. The minimum atomic E-state index is -0.456. The van der Waals surface area contributed by atoms with Gasteiger partial charge in [-0.3, -0.25) is 18.7 Å². The van der Waals surface area contributed by atoms with Crippen molar-refractivity contribution in [3.05, 3.63) is 81.0 Å². The molecule has 0 unspecified atom stereocenters. The molecule has 1 amide bonds. The van der Waals surface area contributed by atoms with E-state index in [4.69, 9.17) is 0 Å². The molecule has 0 fully saturated rings. The molecule has 0 saturated heterocycles. The molecule has 1 heterocycles. The van der Waals surface area contributed by atoms with Gasteiger partial charge in [0.15, 0.2) is 0 Å². The quantitative estimate of drug-likeness (QED) is 0.662. The summed E-state index contributed by atoms with van der Waals surface area (Å²) in [6.45, 7) is 6.40. The molecule has 3 rings (SSSR count). The largest absolute Gasteiger partial charge is 0.337 e. The molecule has 0 atom stereocenters. The highest BCUT2D eigenvalue weighted by atomic mass is 16.2. The molecule has 146 valence electrons. The van der Waals surface area contributed by atoms with E-state index in [0.717, 1.165) is 5.56 Å². The molecule has 28 heavy (non-hydrogen) atoms. The summed E-state index contributed by atoms with van der Waals surface area (Å²) < 4.78 is 2.62. The van der Waals surface area contributed by atoms with Gasteiger partial charge in [0, 0.05) is 19.1 Å². The molecule has 0 bridgehead atoms. The predicted octanol–water partition coefficient (Wildman–Crippen LogP) is 2.79. The fourth-order valence-corrected chi connectivity index (χ4v) is 3.36. The van der Waals surface area contributed by atoms with E-state index in [1.807, 2.05) is 37.3 Å². The average molecular weight is 379 g/mol. The second kappa shape index (κ2) is 8.25. The fraction of sp³-hybridized carbons (Fsp3) is 0.318. The van der Waals surface area contributed by atoms with E-state index in [-0.39, 0.29) is 24.1 Å². The highest BCUT2D eigenvalue weighted by Gasteiger charge is 2.19. The number of rotatable bonds is 6. The van der Waals surface area contributed by atoms with E-state index >= 15 is 0 Å². The number of carbonyl (C=O) groups is 1. The number of aromatic nitrogens is 2. The zero-order valence-electron chi connectivity index (χ0n) is 16.5. The number of likely N-dealkylation sites (N-methyl/N-ethyl adjacent to an activating group) is 1. The first-order valence-electron chi connectivity index (χ1n) is 9.49. The molecular formula is C22H25N3O3. The maximum absolute atomic E-state index is 13.0. The molecule has 3 aromatic rings. The number of hydrogen-bond donors (Lipinski definition) is 0. The van der Waals surface area contributed by atoms with Crippen LogP contribution in [0.1, 0.15) is 32.4 Å². The van der Waals surface area contributed by atoms with E-state index in [1.54, 1.807) is 43.0 Å². The summed E-state index contributed by atoms with van der Waals surface area (Å²) in [4.78, 5) is 40.4. The standard InChI is InChI=1S/C22H25N3O3/c1-4-23(14-17-10-6-5-7-11-17)20(26)15-24-19-13-9-8-12-18(19)21(27)25(16(2)3)22(24)28/h5-13,16H,4,14-15H2,1-3H3. The highest BCUT2D eigenvalue weighted by molar-refractivity contribution is 5.81. The van der Waals surface area contributed by atoms with Crippen LogP contribution in [0, 0.1) is 0 Å². The van der Waals surface area contributed by atoms with E-state index in [1.165, 1.54) is 9.13 Å². The van der Waals surface area contributed by atoms with Crippen molar-refractivity contribution >= 4 is 16.8 Å². The smallest absolute Gasteiger partial charge is 0.332 e. The molecule has 0 aliphatic heterocycles. The lowest BCUT2D eigenvalue weighted by atomic mass is 10.2. The Kier molecular flexibility index (Phi) is 5.78. The van der Waals surface area contributed by atoms with Crippen molar-refractivity contribution in [2.45, 2.75) is 39.9 Å². The van der Waals surface area contributed by atoms with Crippen molar-refractivity contribution in [2.24, 2.45) is 0 Å². The minimum Gasteiger partial charge on any atom is -0.337 e. The van der Waals surface area contributed by atoms with Gasteiger partial charge in [0.1, 0.15) is 6.54 Å². The van der Waals surface area contributed by atoms with E-state index in [9.17, 15) is 14.4 Å². The molecule has 6 heteroatoms. The van der Waals surface area contributed by atoms with Gasteiger partial charge in [-0.15, -0.1) is 0 Å². The molecule has 0 aliphatic rings. The van der Waals surface area contributed by atoms with Crippen LogP contribution in [-0.2, 0) is 17.9 Å². The van der Waals surface area contributed by atoms with Crippen LogP contribution in [0.3, 0.4) is 0 Å². The Morgan fingerprint density at radius 3 is 2.29 bits per heavy atom. The van der Waals surface area contributed by atoms with Crippen molar-refractivity contribution in [3.8, 4) is 0 Å². The van der Waals surface area contributed by atoms with Gasteiger partial charge in [-0.05, 0) is 38.5 Å². The zero-order chi connectivity index (χ0) is 20.3. The van der Waals surface area contributed by atoms with Crippen LogP contribution in [0.15, 0.2) is 64.2 Å². The molecule has 0 N–H and O–H groups in total. The Balaban J connectivity index is 2.02. The number of para-hydroxylation sites is 1. The second-order valence-electron chi connectivity index (χ2n) is 7.05. The lowest BCUT2D eigenvalue weighted by molar-refractivity contribution is -0.132. The third-order valence-electron chi connectivity index (χ3n) is 4.84. The maximum Gasteiger partial charge on any atom is 0.332 e. The molecule has 0 radical (unpaired) electrons. The van der Waals surface area contributed by atoms with E-state index in [0.29, 0.717) is 24.0 Å².